The highest BCUT2D eigenvalue weighted by molar-refractivity contribution is 7.09. The van der Waals surface area contributed by atoms with Crippen LogP contribution in [0.25, 0.3) is 11.3 Å². The lowest BCUT2D eigenvalue weighted by Gasteiger charge is -2.15. The Morgan fingerprint density at radius 2 is 2.00 bits per heavy atom. The predicted octanol–water partition coefficient (Wildman–Crippen LogP) is 3.25. The molecule has 7 heteroatoms. The molecule has 3 aromatic rings. The van der Waals surface area contributed by atoms with Gasteiger partial charge in [-0.3, -0.25) is 9.59 Å². The molecule has 1 amide bonds. The molecule has 1 N–H and O–H groups in total. The van der Waals surface area contributed by atoms with Crippen LogP contribution in [-0.2, 0) is 11.3 Å². The third kappa shape index (κ3) is 4.62. The minimum Gasteiger partial charge on any atom is -0.494 e. The summed E-state index contributed by atoms with van der Waals surface area (Å²) in [7, 11) is 0. The van der Waals surface area contributed by atoms with Gasteiger partial charge in [-0.05, 0) is 55.6 Å². The fourth-order valence-corrected chi connectivity index (χ4v) is 3.24. The van der Waals surface area contributed by atoms with E-state index in [1.807, 2.05) is 48.7 Å². The predicted molar refractivity (Wildman–Crippen MR) is 106 cm³/mol. The molecule has 140 valence electrons. The van der Waals surface area contributed by atoms with Crippen LogP contribution in [0.4, 0.5) is 0 Å². The largest absolute Gasteiger partial charge is 0.494 e. The molecule has 0 saturated heterocycles. The maximum absolute atomic E-state index is 12.4. The molecule has 0 aliphatic heterocycles. The molecule has 0 fully saturated rings. The molecule has 0 aliphatic carbocycles. The normalized spacial score (nSPS) is 11.8. The quantitative estimate of drug-likeness (QED) is 0.680. The highest BCUT2D eigenvalue weighted by Crippen LogP contribution is 2.20. The van der Waals surface area contributed by atoms with E-state index in [1.54, 1.807) is 24.3 Å². The summed E-state index contributed by atoms with van der Waals surface area (Å²) in [4.78, 5) is 25.7. The summed E-state index contributed by atoms with van der Waals surface area (Å²) < 4.78 is 6.66. The Balaban J connectivity index is 1.77. The Bertz CT molecular complexity index is 949. The van der Waals surface area contributed by atoms with E-state index >= 15 is 0 Å². The molecule has 6 nitrogen and oxygen atoms in total. The maximum Gasteiger partial charge on any atom is 0.267 e. The molecule has 0 spiro atoms. The summed E-state index contributed by atoms with van der Waals surface area (Å²) in [5.74, 6) is 0.526. The van der Waals surface area contributed by atoms with Crippen molar-refractivity contribution in [1.29, 1.82) is 0 Å². The van der Waals surface area contributed by atoms with Crippen molar-refractivity contribution >= 4 is 17.2 Å². The van der Waals surface area contributed by atoms with Crippen molar-refractivity contribution in [2.75, 3.05) is 6.61 Å². The Hall–Kier alpha value is -2.93. The minimum atomic E-state index is -0.708. The Labute approximate surface area is 161 Å². The first-order valence-corrected chi connectivity index (χ1v) is 9.59. The van der Waals surface area contributed by atoms with Crippen molar-refractivity contribution in [2.24, 2.45) is 0 Å². The number of aromatic nitrogens is 2. The summed E-state index contributed by atoms with van der Waals surface area (Å²) in [5.41, 5.74) is 1.15. The molecular formula is C20H21N3O3S. The number of rotatable bonds is 7. The van der Waals surface area contributed by atoms with E-state index in [0.717, 1.165) is 16.2 Å². The Kier molecular flexibility index (Phi) is 6.03. The van der Waals surface area contributed by atoms with Gasteiger partial charge in [-0.25, -0.2) is 4.68 Å². The van der Waals surface area contributed by atoms with Crippen molar-refractivity contribution < 1.29 is 9.53 Å². The minimum absolute atomic E-state index is 0.248. The SMILES string of the molecule is CCOc1ccc(-c2ccc(=O)n(C(C)C(=O)NCc3cccs3)n2)cc1. The van der Waals surface area contributed by atoms with Gasteiger partial charge in [0.15, 0.2) is 0 Å². The second-order valence-corrected chi connectivity index (χ2v) is 6.96. The van der Waals surface area contributed by atoms with E-state index in [9.17, 15) is 9.59 Å². The van der Waals surface area contributed by atoms with Gasteiger partial charge in [-0.15, -0.1) is 11.3 Å². The van der Waals surface area contributed by atoms with E-state index in [4.69, 9.17) is 4.74 Å². The van der Waals surface area contributed by atoms with Crippen LogP contribution in [0.1, 0.15) is 24.8 Å². The third-order valence-corrected chi connectivity index (χ3v) is 4.93. The van der Waals surface area contributed by atoms with E-state index < -0.39 is 6.04 Å². The standard InChI is InChI=1S/C20H21N3O3S/c1-3-26-16-8-6-15(7-9-16)18-10-11-19(24)23(22-18)14(2)20(25)21-13-17-5-4-12-27-17/h4-12,14H,3,13H2,1-2H3,(H,21,25). The lowest BCUT2D eigenvalue weighted by Crippen LogP contribution is -2.36. The van der Waals surface area contributed by atoms with Gasteiger partial charge in [0.05, 0.1) is 18.8 Å². The lowest BCUT2D eigenvalue weighted by molar-refractivity contribution is -0.124. The summed E-state index contributed by atoms with van der Waals surface area (Å²) in [6.45, 7) is 4.63. The second-order valence-electron chi connectivity index (χ2n) is 5.93. The highest BCUT2D eigenvalue weighted by Gasteiger charge is 2.18. The van der Waals surface area contributed by atoms with Crippen LogP contribution >= 0.6 is 11.3 Å². The zero-order valence-electron chi connectivity index (χ0n) is 15.2. The van der Waals surface area contributed by atoms with Crippen molar-refractivity contribution in [1.82, 2.24) is 15.1 Å². The highest BCUT2D eigenvalue weighted by atomic mass is 32.1. The van der Waals surface area contributed by atoms with Crippen LogP contribution in [0, 0.1) is 0 Å². The fourth-order valence-electron chi connectivity index (χ4n) is 2.59. The van der Waals surface area contributed by atoms with E-state index in [-0.39, 0.29) is 11.5 Å². The average molecular weight is 383 g/mol. The zero-order valence-corrected chi connectivity index (χ0v) is 16.0. The molecule has 2 heterocycles. The van der Waals surface area contributed by atoms with E-state index in [1.165, 1.54) is 10.7 Å². The van der Waals surface area contributed by atoms with Crippen molar-refractivity contribution in [3.8, 4) is 17.0 Å². The number of thiophene rings is 1. The van der Waals surface area contributed by atoms with Crippen molar-refractivity contribution in [3.05, 3.63) is 69.1 Å². The number of hydrogen-bond donors (Lipinski definition) is 1. The first kappa shape index (κ1) is 18.8. The Morgan fingerprint density at radius 3 is 2.67 bits per heavy atom. The van der Waals surface area contributed by atoms with Gasteiger partial charge in [0.2, 0.25) is 5.91 Å². The zero-order chi connectivity index (χ0) is 19.2. The van der Waals surface area contributed by atoms with Gasteiger partial charge in [0.25, 0.3) is 5.56 Å². The van der Waals surface area contributed by atoms with E-state index in [0.29, 0.717) is 18.8 Å². The molecule has 0 radical (unpaired) electrons. The van der Waals surface area contributed by atoms with Gasteiger partial charge in [-0.2, -0.15) is 5.10 Å². The molecule has 1 unspecified atom stereocenters. The number of carbonyl (C=O) groups excluding carboxylic acids is 1. The van der Waals surface area contributed by atoms with Crippen LogP contribution in [0.3, 0.4) is 0 Å². The first-order valence-electron chi connectivity index (χ1n) is 8.71. The van der Waals surface area contributed by atoms with E-state index in [2.05, 4.69) is 10.4 Å². The number of hydrogen-bond acceptors (Lipinski definition) is 5. The molecule has 0 aliphatic rings. The molecule has 27 heavy (non-hydrogen) atoms. The summed E-state index contributed by atoms with van der Waals surface area (Å²) >= 11 is 1.57. The summed E-state index contributed by atoms with van der Waals surface area (Å²) in [6, 6.07) is 13.7. The molecule has 0 bridgehead atoms. The smallest absolute Gasteiger partial charge is 0.267 e. The summed E-state index contributed by atoms with van der Waals surface area (Å²) in [5, 5.41) is 9.19. The number of nitrogens with one attached hydrogen (secondary N) is 1. The van der Waals surface area contributed by atoms with Gasteiger partial charge in [0.1, 0.15) is 11.8 Å². The molecule has 0 saturated carbocycles. The molecule has 1 aromatic carbocycles. The van der Waals surface area contributed by atoms with Crippen molar-refractivity contribution in [3.63, 3.8) is 0 Å². The molecular weight excluding hydrogens is 362 g/mol. The third-order valence-electron chi connectivity index (χ3n) is 4.05. The average Bonchev–Trinajstić information content (AvgIpc) is 3.20. The molecule has 3 rings (SSSR count). The van der Waals surface area contributed by atoms with Crippen LogP contribution in [0.15, 0.2) is 58.7 Å². The number of nitrogens with zero attached hydrogens (tertiary/aromatic N) is 2. The fraction of sp³-hybridized carbons (Fsp3) is 0.250. The number of amides is 1. The second kappa shape index (κ2) is 8.64. The van der Waals surface area contributed by atoms with Gasteiger partial charge in [0, 0.05) is 16.5 Å². The number of carbonyl (C=O) groups is 1. The Morgan fingerprint density at radius 1 is 1.22 bits per heavy atom. The van der Waals surface area contributed by atoms with Gasteiger partial charge in [-0.1, -0.05) is 6.07 Å². The number of ether oxygens (including phenoxy) is 1. The van der Waals surface area contributed by atoms with Crippen LogP contribution in [-0.4, -0.2) is 22.3 Å². The van der Waals surface area contributed by atoms with Gasteiger partial charge < -0.3 is 10.1 Å². The van der Waals surface area contributed by atoms with Crippen molar-refractivity contribution in [2.45, 2.75) is 26.4 Å². The van der Waals surface area contributed by atoms with Gasteiger partial charge >= 0.3 is 0 Å². The maximum atomic E-state index is 12.4. The van der Waals surface area contributed by atoms with Crippen LogP contribution < -0.4 is 15.6 Å². The first-order chi connectivity index (χ1) is 13.1. The molecule has 1 atom stereocenters. The summed E-state index contributed by atoms with van der Waals surface area (Å²) in [6.07, 6.45) is 0. The topological polar surface area (TPSA) is 73.2 Å². The van der Waals surface area contributed by atoms with Crippen LogP contribution in [0.5, 0.6) is 5.75 Å². The number of benzene rings is 1. The van der Waals surface area contributed by atoms with Crippen LogP contribution in [0.2, 0.25) is 0 Å². The monoisotopic (exact) mass is 383 g/mol. The molecule has 2 aromatic heterocycles. The lowest BCUT2D eigenvalue weighted by atomic mass is 10.1.